The second-order valence-electron chi connectivity index (χ2n) is 9.38. The maximum atomic E-state index is 5.89. The van der Waals surface area contributed by atoms with Crippen LogP contribution in [0.3, 0.4) is 0 Å². The highest BCUT2D eigenvalue weighted by atomic mass is 16.5. The van der Waals surface area contributed by atoms with Crippen LogP contribution in [0.25, 0.3) is 10.8 Å². The smallest absolute Gasteiger partial charge is 0.0598 e. The van der Waals surface area contributed by atoms with Gasteiger partial charge in [0.15, 0.2) is 0 Å². The first kappa shape index (κ1) is 20.3. The minimum absolute atomic E-state index is 0.0490. The van der Waals surface area contributed by atoms with Gasteiger partial charge in [0.2, 0.25) is 0 Å². The molecule has 0 N–H and O–H groups in total. The maximum absolute atomic E-state index is 5.89. The van der Waals surface area contributed by atoms with Crippen LogP contribution in [0.4, 0.5) is 0 Å². The van der Waals surface area contributed by atoms with Crippen molar-refractivity contribution in [3.8, 4) is 0 Å². The monoisotopic (exact) mass is 367 g/mol. The average molecular weight is 368 g/mol. The van der Waals surface area contributed by atoms with Gasteiger partial charge >= 0.3 is 0 Å². The van der Waals surface area contributed by atoms with Crippen molar-refractivity contribution >= 4 is 10.8 Å². The zero-order chi connectivity index (χ0) is 19.3. The van der Waals surface area contributed by atoms with E-state index >= 15 is 0 Å². The van der Waals surface area contributed by atoms with Crippen molar-refractivity contribution in [1.29, 1.82) is 0 Å². The summed E-state index contributed by atoms with van der Waals surface area (Å²) in [6.45, 7) is 9.52. The summed E-state index contributed by atoms with van der Waals surface area (Å²) in [6, 6.07) is 8.99. The van der Waals surface area contributed by atoms with Crippen molar-refractivity contribution < 1.29 is 4.74 Å². The lowest BCUT2D eigenvalue weighted by molar-refractivity contribution is -0.00382. The molecule has 1 fully saturated rings. The zero-order valence-electron chi connectivity index (χ0n) is 17.8. The van der Waals surface area contributed by atoms with E-state index in [1.54, 1.807) is 0 Å². The Hall–Kier alpha value is -1.41. The summed E-state index contributed by atoms with van der Waals surface area (Å²) < 4.78 is 5.89. The Bertz CT molecular complexity index is 723. The molecular formula is C25H37NO. The SMILES string of the molecule is CCC1CCC(Cc2cc3c(CCCOC(C)(C)C)cccc3cn2)CC1. The number of nitrogens with zero attached hydrogens (tertiary/aromatic N) is 1. The Balaban J connectivity index is 1.64. The Morgan fingerprint density at radius 2 is 1.81 bits per heavy atom. The fourth-order valence-corrected chi connectivity index (χ4v) is 4.39. The third-order valence-corrected chi connectivity index (χ3v) is 6.08. The lowest BCUT2D eigenvalue weighted by Crippen LogP contribution is -2.19. The minimum atomic E-state index is -0.0490. The Kier molecular flexibility index (Phi) is 6.92. The lowest BCUT2D eigenvalue weighted by atomic mass is 9.79. The quantitative estimate of drug-likeness (QED) is 0.505. The van der Waals surface area contributed by atoms with E-state index in [0.717, 1.165) is 37.7 Å². The number of aromatic nitrogens is 1. The van der Waals surface area contributed by atoms with Crippen LogP contribution in [0, 0.1) is 11.8 Å². The number of aryl methyl sites for hydroxylation is 1. The molecule has 2 heteroatoms. The van der Waals surface area contributed by atoms with Gasteiger partial charge in [-0.3, -0.25) is 4.98 Å². The lowest BCUT2D eigenvalue weighted by Gasteiger charge is -2.27. The van der Waals surface area contributed by atoms with Gasteiger partial charge in [-0.15, -0.1) is 0 Å². The predicted molar refractivity (Wildman–Crippen MR) is 115 cm³/mol. The number of benzene rings is 1. The van der Waals surface area contributed by atoms with Crippen LogP contribution in [0.2, 0.25) is 0 Å². The normalized spacial score (nSPS) is 20.9. The van der Waals surface area contributed by atoms with E-state index in [-0.39, 0.29) is 5.60 Å². The largest absolute Gasteiger partial charge is 0.376 e. The van der Waals surface area contributed by atoms with E-state index in [1.807, 2.05) is 0 Å². The van der Waals surface area contributed by atoms with Crippen molar-refractivity contribution in [1.82, 2.24) is 4.98 Å². The van der Waals surface area contributed by atoms with Crippen LogP contribution >= 0.6 is 0 Å². The first-order valence-corrected chi connectivity index (χ1v) is 10.9. The molecule has 0 unspecified atom stereocenters. The Morgan fingerprint density at radius 1 is 1.07 bits per heavy atom. The number of pyridine rings is 1. The highest BCUT2D eigenvalue weighted by Gasteiger charge is 2.20. The fraction of sp³-hybridized carbons (Fsp3) is 0.640. The molecule has 2 aromatic rings. The molecule has 148 valence electrons. The molecule has 0 bridgehead atoms. The predicted octanol–water partition coefficient (Wildman–Crippen LogP) is 6.74. The van der Waals surface area contributed by atoms with E-state index in [9.17, 15) is 0 Å². The van der Waals surface area contributed by atoms with E-state index in [2.05, 4.69) is 58.2 Å². The standard InChI is InChI=1S/C25H37NO/c1-5-19-11-13-20(14-12-19)16-23-17-24-21(8-6-9-22(24)18-26-23)10-7-15-27-25(2,3)4/h6,8-9,17-20H,5,7,10-16H2,1-4H3. The molecular weight excluding hydrogens is 330 g/mol. The first-order chi connectivity index (χ1) is 12.9. The number of hydrogen-bond donors (Lipinski definition) is 0. The number of hydrogen-bond acceptors (Lipinski definition) is 2. The maximum Gasteiger partial charge on any atom is 0.0598 e. The van der Waals surface area contributed by atoms with Gasteiger partial charge in [-0.05, 0) is 81.7 Å². The second-order valence-corrected chi connectivity index (χ2v) is 9.38. The molecule has 1 heterocycles. The van der Waals surface area contributed by atoms with Crippen LogP contribution in [-0.4, -0.2) is 17.2 Å². The van der Waals surface area contributed by atoms with Gasteiger partial charge in [-0.1, -0.05) is 44.4 Å². The van der Waals surface area contributed by atoms with Gasteiger partial charge in [-0.2, -0.15) is 0 Å². The van der Waals surface area contributed by atoms with Crippen molar-refractivity contribution in [2.75, 3.05) is 6.61 Å². The first-order valence-electron chi connectivity index (χ1n) is 10.9. The Morgan fingerprint density at radius 3 is 2.52 bits per heavy atom. The van der Waals surface area contributed by atoms with Gasteiger partial charge in [0.25, 0.3) is 0 Å². The number of fused-ring (bicyclic) bond motifs is 1. The van der Waals surface area contributed by atoms with Crippen molar-refractivity contribution in [2.45, 2.75) is 84.7 Å². The third kappa shape index (κ3) is 6.04. The molecule has 0 atom stereocenters. The molecule has 1 aliphatic rings. The van der Waals surface area contributed by atoms with Crippen molar-refractivity contribution in [3.05, 3.63) is 41.7 Å². The van der Waals surface area contributed by atoms with Gasteiger partial charge < -0.3 is 4.74 Å². The molecule has 27 heavy (non-hydrogen) atoms. The van der Waals surface area contributed by atoms with E-state index in [4.69, 9.17) is 9.72 Å². The summed E-state index contributed by atoms with van der Waals surface area (Å²) in [5.41, 5.74) is 2.66. The summed E-state index contributed by atoms with van der Waals surface area (Å²) in [5.74, 6) is 1.79. The summed E-state index contributed by atoms with van der Waals surface area (Å²) in [6.07, 6.45) is 12.3. The van der Waals surface area contributed by atoms with Crippen LogP contribution in [-0.2, 0) is 17.6 Å². The molecule has 0 spiro atoms. The summed E-state index contributed by atoms with van der Waals surface area (Å²) in [7, 11) is 0. The molecule has 1 aliphatic carbocycles. The molecule has 3 rings (SSSR count). The summed E-state index contributed by atoms with van der Waals surface area (Å²) in [5, 5.41) is 2.66. The third-order valence-electron chi connectivity index (χ3n) is 6.08. The number of rotatable bonds is 7. The molecule has 1 aromatic heterocycles. The molecule has 0 aliphatic heterocycles. The number of ether oxygens (including phenoxy) is 1. The van der Waals surface area contributed by atoms with Crippen LogP contribution in [0.5, 0.6) is 0 Å². The van der Waals surface area contributed by atoms with Crippen LogP contribution in [0.15, 0.2) is 30.5 Å². The minimum Gasteiger partial charge on any atom is -0.376 e. The van der Waals surface area contributed by atoms with Crippen LogP contribution in [0.1, 0.15) is 77.5 Å². The van der Waals surface area contributed by atoms with E-state index < -0.39 is 0 Å². The van der Waals surface area contributed by atoms with Gasteiger partial charge in [0.05, 0.1) is 5.60 Å². The molecule has 2 nitrogen and oxygen atoms in total. The molecule has 1 aromatic carbocycles. The molecule has 0 amide bonds. The summed E-state index contributed by atoms with van der Waals surface area (Å²) in [4.78, 5) is 4.79. The highest BCUT2D eigenvalue weighted by molar-refractivity contribution is 5.85. The highest BCUT2D eigenvalue weighted by Crippen LogP contribution is 2.33. The van der Waals surface area contributed by atoms with E-state index in [1.165, 1.54) is 54.1 Å². The Labute approximate surface area is 165 Å². The van der Waals surface area contributed by atoms with Crippen LogP contribution < -0.4 is 0 Å². The topological polar surface area (TPSA) is 22.1 Å². The van der Waals surface area contributed by atoms with Crippen molar-refractivity contribution in [2.24, 2.45) is 11.8 Å². The van der Waals surface area contributed by atoms with Crippen molar-refractivity contribution in [3.63, 3.8) is 0 Å². The molecule has 0 saturated heterocycles. The zero-order valence-corrected chi connectivity index (χ0v) is 17.8. The van der Waals surface area contributed by atoms with Gasteiger partial charge in [-0.25, -0.2) is 0 Å². The average Bonchev–Trinajstić information content (AvgIpc) is 2.65. The molecule has 0 radical (unpaired) electrons. The van der Waals surface area contributed by atoms with Gasteiger partial charge in [0.1, 0.15) is 0 Å². The molecule has 1 saturated carbocycles. The second kappa shape index (κ2) is 9.19. The van der Waals surface area contributed by atoms with Gasteiger partial charge in [0, 0.05) is 23.9 Å². The summed E-state index contributed by atoms with van der Waals surface area (Å²) >= 11 is 0. The van der Waals surface area contributed by atoms with E-state index in [0.29, 0.717) is 0 Å². The fourth-order valence-electron chi connectivity index (χ4n) is 4.39.